The highest BCUT2D eigenvalue weighted by atomic mass is 32.1. The molecule has 0 aliphatic carbocycles. The maximum absolute atomic E-state index is 9.73. The van der Waals surface area contributed by atoms with Crippen molar-refractivity contribution < 1.29 is 9.59 Å². The van der Waals surface area contributed by atoms with Crippen molar-refractivity contribution in [2.24, 2.45) is 0 Å². The quantitative estimate of drug-likeness (QED) is 0.256. The molecular weight excluding hydrogens is 116 g/mol. The van der Waals surface area contributed by atoms with E-state index >= 15 is 0 Å². The van der Waals surface area contributed by atoms with Crippen LogP contribution in [0, 0.1) is 0 Å². The van der Waals surface area contributed by atoms with E-state index in [0.717, 1.165) is 0 Å². The number of rotatable bonds is 2. The van der Waals surface area contributed by atoms with Gasteiger partial charge >= 0.3 is 0 Å². The molecule has 2 amide bonds. The number of carbonyl (C=O) groups is 2. The highest BCUT2D eigenvalue weighted by Gasteiger charge is 1.82. The second kappa shape index (κ2) is 3.48. The average Bonchev–Trinajstić information content (AvgIpc) is 1.61. The molecule has 4 nitrogen and oxygen atoms in total. The van der Waals surface area contributed by atoms with Crippen molar-refractivity contribution in [2.45, 2.75) is 0 Å². The molecule has 0 rings (SSSR count). The van der Waals surface area contributed by atoms with E-state index in [9.17, 15) is 9.59 Å². The van der Waals surface area contributed by atoms with E-state index in [0.29, 0.717) is 6.41 Å². The standard InChI is InChI=1S/C2H4N2O2S/c5-1-3-4-2(6)7/h1H,(H,3,5)(H2,4,6,7). The molecule has 7 heavy (non-hydrogen) atoms. The Balaban J connectivity index is 2.97. The summed E-state index contributed by atoms with van der Waals surface area (Å²) in [6.45, 7) is 0. The Kier molecular flexibility index (Phi) is 3.13. The summed E-state index contributed by atoms with van der Waals surface area (Å²) in [6.07, 6.45) is 0.341. The fourth-order valence-electron chi connectivity index (χ4n) is 0.0912. The molecule has 0 aromatic heterocycles. The average molecular weight is 120 g/mol. The van der Waals surface area contributed by atoms with Crippen LogP contribution in [0.1, 0.15) is 0 Å². The minimum Gasteiger partial charge on any atom is -0.277 e. The van der Waals surface area contributed by atoms with Crippen molar-refractivity contribution in [3.05, 3.63) is 0 Å². The van der Waals surface area contributed by atoms with Gasteiger partial charge in [0.15, 0.2) is 0 Å². The minimum absolute atomic E-state index is 0.341. The molecule has 2 N–H and O–H groups in total. The molecule has 40 valence electrons. The first-order valence-electron chi connectivity index (χ1n) is 1.45. The predicted molar refractivity (Wildman–Crippen MR) is 26.7 cm³/mol. The van der Waals surface area contributed by atoms with E-state index < -0.39 is 5.24 Å². The van der Waals surface area contributed by atoms with Crippen LogP contribution in [0.4, 0.5) is 4.79 Å². The van der Waals surface area contributed by atoms with Crippen LogP contribution in [0.25, 0.3) is 0 Å². The van der Waals surface area contributed by atoms with Crippen LogP contribution in [-0.4, -0.2) is 11.6 Å². The van der Waals surface area contributed by atoms with E-state index in [1.165, 1.54) is 0 Å². The molecule has 0 atom stereocenters. The molecule has 0 saturated heterocycles. The molecule has 0 unspecified atom stereocenters. The predicted octanol–water partition coefficient (Wildman–Crippen LogP) is -0.713. The zero-order valence-corrected chi connectivity index (χ0v) is 4.24. The van der Waals surface area contributed by atoms with Crippen LogP contribution in [-0.2, 0) is 4.79 Å². The fraction of sp³-hybridized carbons (Fsp3) is 0. The topological polar surface area (TPSA) is 58.2 Å². The van der Waals surface area contributed by atoms with Crippen molar-refractivity contribution in [2.75, 3.05) is 0 Å². The third-order valence-corrected chi connectivity index (χ3v) is 0.350. The molecule has 0 saturated carbocycles. The molecule has 5 heteroatoms. The first-order valence-corrected chi connectivity index (χ1v) is 1.90. The summed E-state index contributed by atoms with van der Waals surface area (Å²) in [5, 5.41) is -0.591. The molecule has 0 aliphatic rings. The molecule has 0 radical (unpaired) electrons. The molecular formula is C2H4N2O2S. The van der Waals surface area contributed by atoms with Crippen LogP contribution >= 0.6 is 12.6 Å². The zero-order chi connectivity index (χ0) is 5.70. The molecule has 0 aromatic carbocycles. The lowest BCUT2D eigenvalue weighted by Crippen LogP contribution is -2.32. The smallest absolute Gasteiger partial charge is 0.277 e. The maximum atomic E-state index is 9.73. The Morgan fingerprint density at radius 2 is 2.29 bits per heavy atom. The molecule has 0 heterocycles. The van der Waals surface area contributed by atoms with Crippen LogP contribution in [0.3, 0.4) is 0 Å². The van der Waals surface area contributed by atoms with Gasteiger partial charge in [0.1, 0.15) is 0 Å². The Hall–Kier alpha value is -0.710. The number of hydrogen-bond donors (Lipinski definition) is 3. The van der Waals surface area contributed by atoms with Crippen LogP contribution in [0.15, 0.2) is 0 Å². The van der Waals surface area contributed by atoms with E-state index in [-0.39, 0.29) is 0 Å². The van der Waals surface area contributed by atoms with E-state index in [4.69, 9.17) is 0 Å². The van der Waals surface area contributed by atoms with Crippen molar-refractivity contribution in [3.63, 3.8) is 0 Å². The number of hydrogen-bond acceptors (Lipinski definition) is 2. The lowest BCUT2D eigenvalue weighted by atomic mass is 11.3. The fourth-order valence-corrected chi connectivity index (χ4v) is 0.156. The van der Waals surface area contributed by atoms with Gasteiger partial charge in [0.2, 0.25) is 6.41 Å². The summed E-state index contributed by atoms with van der Waals surface area (Å²) in [5.74, 6) is 0. The number of hydrazine groups is 1. The largest absolute Gasteiger partial charge is 0.294 e. The van der Waals surface area contributed by atoms with Gasteiger partial charge in [-0.05, 0) is 0 Å². The van der Waals surface area contributed by atoms with Gasteiger partial charge in [0.25, 0.3) is 5.24 Å². The molecule has 0 fully saturated rings. The number of amides is 2. The second-order valence-corrected chi connectivity index (χ2v) is 1.10. The van der Waals surface area contributed by atoms with Crippen molar-refractivity contribution in [3.8, 4) is 0 Å². The monoisotopic (exact) mass is 120 g/mol. The molecule has 0 bridgehead atoms. The summed E-state index contributed by atoms with van der Waals surface area (Å²) in [4.78, 5) is 19.1. The van der Waals surface area contributed by atoms with Gasteiger partial charge in [0.05, 0.1) is 0 Å². The lowest BCUT2D eigenvalue weighted by molar-refractivity contribution is -0.110. The Labute approximate surface area is 45.7 Å². The zero-order valence-electron chi connectivity index (χ0n) is 3.34. The Morgan fingerprint density at radius 1 is 1.71 bits per heavy atom. The highest BCUT2D eigenvalue weighted by Crippen LogP contribution is 1.67. The van der Waals surface area contributed by atoms with E-state index in [1.807, 2.05) is 10.9 Å². The Morgan fingerprint density at radius 3 is 2.43 bits per heavy atom. The van der Waals surface area contributed by atoms with Gasteiger partial charge in [-0.25, -0.2) is 0 Å². The molecule has 0 aliphatic heterocycles. The summed E-state index contributed by atoms with van der Waals surface area (Å²) in [5.41, 5.74) is 3.79. The summed E-state index contributed by atoms with van der Waals surface area (Å²) in [7, 11) is 0. The van der Waals surface area contributed by atoms with Gasteiger partial charge in [-0.1, -0.05) is 12.6 Å². The second-order valence-electron chi connectivity index (χ2n) is 0.692. The highest BCUT2D eigenvalue weighted by molar-refractivity contribution is 7.96. The molecule has 0 aromatic rings. The van der Waals surface area contributed by atoms with Crippen molar-refractivity contribution >= 4 is 24.3 Å². The lowest BCUT2D eigenvalue weighted by Gasteiger charge is -1.91. The van der Waals surface area contributed by atoms with Gasteiger partial charge in [-0.15, -0.1) is 0 Å². The van der Waals surface area contributed by atoms with Gasteiger partial charge in [-0.2, -0.15) is 0 Å². The van der Waals surface area contributed by atoms with Crippen molar-refractivity contribution in [1.29, 1.82) is 0 Å². The van der Waals surface area contributed by atoms with Gasteiger partial charge in [0, 0.05) is 0 Å². The number of thiol groups is 1. The Bertz CT molecular complexity index is 83.8. The first-order chi connectivity index (χ1) is 3.27. The maximum Gasteiger partial charge on any atom is 0.294 e. The summed E-state index contributed by atoms with van der Waals surface area (Å²) >= 11 is 3.26. The molecule has 0 spiro atoms. The van der Waals surface area contributed by atoms with Crippen LogP contribution in [0.5, 0.6) is 0 Å². The first kappa shape index (κ1) is 6.29. The van der Waals surface area contributed by atoms with Gasteiger partial charge in [-0.3, -0.25) is 20.4 Å². The van der Waals surface area contributed by atoms with E-state index in [1.54, 1.807) is 0 Å². The van der Waals surface area contributed by atoms with Crippen LogP contribution in [0.2, 0.25) is 0 Å². The van der Waals surface area contributed by atoms with Crippen LogP contribution < -0.4 is 10.9 Å². The van der Waals surface area contributed by atoms with Gasteiger partial charge < -0.3 is 0 Å². The summed E-state index contributed by atoms with van der Waals surface area (Å²) < 4.78 is 0. The van der Waals surface area contributed by atoms with E-state index in [2.05, 4.69) is 12.6 Å². The third-order valence-electron chi connectivity index (χ3n) is 0.238. The third kappa shape index (κ3) is 5.29. The number of carbonyl (C=O) groups excluding carboxylic acids is 2. The summed E-state index contributed by atoms with van der Waals surface area (Å²) in [6, 6.07) is 0. The SMILES string of the molecule is O=CNNC(=O)S. The minimum atomic E-state index is -0.591. The normalized spacial score (nSPS) is 7.00. The van der Waals surface area contributed by atoms with Crippen molar-refractivity contribution in [1.82, 2.24) is 10.9 Å². The number of nitrogens with one attached hydrogen (secondary N) is 2.